The van der Waals surface area contributed by atoms with Gasteiger partial charge in [0.15, 0.2) is 0 Å². The van der Waals surface area contributed by atoms with Crippen LogP contribution >= 0.6 is 0 Å². The quantitative estimate of drug-likeness (QED) is 0.322. The molecule has 0 aromatic rings. The summed E-state index contributed by atoms with van der Waals surface area (Å²) in [6.45, 7) is 7.18. The predicted octanol–water partition coefficient (Wildman–Crippen LogP) is 6.35. The highest BCUT2D eigenvalue weighted by molar-refractivity contribution is 5.76. The lowest BCUT2D eigenvalue weighted by atomic mass is 9.49. The first-order valence-corrected chi connectivity index (χ1v) is 13.5. The van der Waals surface area contributed by atoms with Crippen LogP contribution < -0.4 is 10.6 Å². The van der Waals surface area contributed by atoms with Crippen molar-refractivity contribution in [1.82, 2.24) is 10.6 Å². The normalized spacial score (nSPS) is 28.5. The van der Waals surface area contributed by atoms with Crippen molar-refractivity contribution in [2.24, 2.45) is 23.2 Å². The first-order valence-electron chi connectivity index (χ1n) is 13.5. The van der Waals surface area contributed by atoms with E-state index < -0.39 is 5.60 Å². The van der Waals surface area contributed by atoms with Crippen LogP contribution in [0.15, 0.2) is 0 Å². The molecule has 0 aromatic heterocycles. The Balaban J connectivity index is 1.11. The van der Waals surface area contributed by atoms with Crippen molar-refractivity contribution in [1.29, 1.82) is 0 Å². The molecule has 0 atom stereocenters. The molecule has 4 fully saturated rings. The summed E-state index contributed by atoms with van der Waals surface area (Å²) in [5, 5.41) is 6.04. The van der Waals surface area contributed by atoms with Crippen molar-refractivity contribution in [2.75, 3.05) is 13.1 Å². The lowest BCUT2D eigenvalue weighted by molar-refractivity contribution is -0.129. The van der Waals surface area contributed by atoms with Gasteiger partial charge in [0.25, 0.3) is 0 Å². The number of carbonyl (C=O) groups excluding carboxylic acids is 2. The molecule has 4 aliphatic rings. The number of amides is 2. The molecule has 5 heteroatoms. The first-order chi connectivity index (χ1) is 15.2. The van der Waals surface area contributed by atoms with Crippen LogP contribution in [0.5, 0.6) is 0 Å². The smallest absolute Gasteiger partial charge is 0.407 e. The summed E-state index contributed by atoms with van der Waals surface area (Å²) in [5.74, 6) is 3.09. The average Bonchev–Trinajstić information content (AvgIpc) is 2.66. The molecule has 0 spiro atoms. The fourth-order valence-corrected chi connectivity index (χ4v) is 6.95. The van der Waals surface area contributed by atoms with Crippen molar-refractivity contribution < 1.29 is 14.3 Å². The number of ether oxygens (including phenoxy) is 1. The van der Waals surface area contributed by atoms with Gasteiger partial charge in [0.05, 0.1) is 0 Å². The highest BCUT2D eigenvalue weighted by atomic mass is 16.6. The molecule has 2 amide bonds. The lowest BCUT2D eigenvalue weighted by Gasteiger charge is -2.56. The summed E-state index contributed by atoms with van der Waals surface area (Å²) in [6, 6.07) is 0. The Morgan fingerprint density at radius 1 is 0.750 bits per heavy atom. The first kappa shape index (κ1) is 25.4. The molecule has 0 heterocycles. The molecule has 4 rings (SSSR count). The topological polar surface area (TPSA) is 67.4 Å². The average molecular weight is 449 g/mol. The van der Waals surface area contributed by atoms with Crippen molar-refractivity contribution >= 4 is 12.0 Å². The van der Waals surface area contributed by atoms with E-state index in [0.717, 1.165) is 50.0 Å². The SMILES string of the molecule is CC(C)(C)OC(=O)NCCCCCCCCCCNC(=O)CC12CC3CC(CC(C3)C1)C2. The van der Waals surface area contributed by atoms with Gasteiger partial charge in [0.2, 0.25) is 5.91 Å². The van der Waals surface area contributed by atoms with Gasteiger partial charge in [-0.15, -0.1) is 0 Å². The van der Waals surface area contributed by atoms with Gasteiger partial charge in [-0.25, -0.2) is 4.79 Å². The second-order valence-electron chi connectivity index (χ2n) is 12.2. The van der Waals surface area contributed by atoms with Crippen LogP contribution in [0.3, 0.4) is 0 Å². The molecule has 0 aromatic carbocycles. The fraction of sp³-hybridized carbons (Fsp3) is 0.926. The Hall–Kier alpha value is -1.26. The summed E-state index contributed by atoms with van der Waals surface area (Å²) in [7, 11) is 0. The molecule has 0 aliphatic heterocycles. The lowest BCUT2D eigenvalue weighted by Crippen LogP contribution is -2.48. The van der Waals surface area contributed by atoms with E-state index >= 15 is 0 Å². The Labute approximate surface area is 196 Å². The third-order valence-electron chi connectivity index (χ3n) is 7.79. The molecule has 4 bridgehead atoms. The number of unbranched alkanes of at least 4 members (excludes halogenated alkanes) is 7. The molecule has 4 aliphatic carbocycles. The standard InChI is InChI=1S/C27H48N2O3/c1-26(2,3)32-25(31)29-13-11-9-7-5-4-6-8-10-12-28-24(30)20-27-17-21-14-22(18-27)16-23(15-21)19-27/h21-23H,4-20H2,1-3H3,(H,28,30)(H,29,31). The number of nitrogens with one attached hydrogen (secondary N) is 2. The maximum absolute atomic E-state index is 12.6. The second-order valence-corrected chi connectivity index (χ2v) is 12.2. The minimum absolute atomic E-state index is 0.312. The molecular formula is C27H48N2O3. The molecule has 0 saturated heterocycles. The van der Waals surface area contributed by atoms with Crippen LogP contribution in [0.25, 0.3) is 0 Å². The molecule has 2 N–H and O–H groups in total. The van der Waals surface area contributed by atoms with Crippen LogP contribution in [0.2, 0.25) is 0 Å². The van der Waals surface area contributed by atoms with Gasteiger partial charge in [0.1, 0.15) is 5.60 Å². The maximum Gasteiger partial charge on any atom is 0.407 e. The second kappa shape index (κ2) is 11.7. The van der Waals surface area contributed by atoms with Gasteiger partial charge in [-0.05, 0) is 95.3 Å². The van der Waals surface area contributed by atoms with Gasteiger partial charge in [-0.3, -0.25) is 4.79 Å². The monoisotopic (exact) mass is 448 g/mol. The number of hydrogen-bond acceptors (Lipinski definition) is 3. The summed E-state index contributed by atoms with van der Waals surface area (Å²) < 4.78 is 5.23. The summed E-state index contributed by atoms with van der Waals surface area (Å²) in [5.41, 5.74) is -0.0669. The van der Waals surface area contributed by atoms with Crippen LogP contribution in [0.1, 0.15) is 117 Å². The molecular weight excluding hydrogens is 400 g/mol. The number of alkyl carbamates (subject to hydrolysis) is 1. The summed E-state index contributed by atoms with van der Waals surface area (Å²) in [6.07, 6.45) is 18.2. The van der Waals surface area contributed by atoms with Gasteiger partial charge in [0, 0.05) is 19.5 Å². The van der Waals surface area contributed by atoms with Crippen LogP contribution in [-0.2, 0) is 9.53 Å². The largest absolute Gasteiger partial charge is 0.444 e. The van der Waals surface area contributed by atoms with E-state index in [1.54, 1.807) is 0 Å². The number of hydrogen-bond donors (Lipinski definition) is 2. The zero-order valence-corrected chi connectivity index (χ0v) is 21.0. The van der Waals surface area contributed by atoms with E-state index in [2.05, 4.69) is 10.6 Å². The minimum atomic E-state index is -0.429. The third-order valence-corrected chi connectivity index (χ3v) is 7.79. The zero-order chi connectivity index (χ0) is 23.0. The van der Waals surface area contributed by atoms with Gasteiger partial charge < -0.3 is 15.4 Å². The Bertz CT molecular complexity index is 575. The predicted molar refractivity (Wildman–Crippen MR) is 129 cm³/mol. The Kier molecular flexibility index (Phi) is 9.31. The Morgan fingerprint density at radius 2 is 1.19 bits per heavy atom. The molecule has 4 saturated carbocycles. The van der Waals surface area contributed by atoms with E-state index in [4.69, 9.17) is 4.74 Å². The van der Waals surface area contributed by atoms with Crippen molar-refractivity contribution in [3.05, 3.63) is 0 Å². The molecule has 32 heavy (non-hydrogen) atoms. The van der Waals surface area contributed by atoms with Crippen molar-refractivity contribution in [2.45, 2.75) is 123 Å². The molecule has 0 unspecified atom stereocenters. The van der Waals surface area contributed by atoms with Gasteiger partial charge in [-0.2, -0.15) is 0 Å². The van der Waals surface area contributed by atoms with Crippen LogP contribution in [-0.4, -0.2) is 30.7 Å². The maximum atomic E-state index is 12.6. The van der Waals surface area contributed by atoms with E-state index in [1.807, 2.05) is 20.8 Å². The van der Waals surface area contributed by atoms with Crippen molar-refractivity contribution in [3.8, 4) is 0 Å². The van der Waals surface area contributed by atoms with E-state index in [-0.39, 0.29) is 6.09 Å². The third kappa shape index (κ3) is 8.59. The molecule has 5 nitrogen and oxygen atoms in total. The zero-order valence-electron chi connectivity index (χ0n) is 21.0. The van der Waals surface area contributed by atoms with E-state index in [9.17, 15) is 9.59 Å². The van der Waals surface area contributed by atoms with Gasteiger partial charge in [-0.1, -0.05) is 38.5 Å². The van der Waals surface area contributed by atoms with Crippen LogP contribution in [0, 0.1) is 23.2 Å². The molecule has 184 valence electrons. The fourth-order valence-electron chi connectivity index (χ4n) is 6.95. The van der Waals surface area contributed by atoms with Gasteiger partial charge >= 0.3 is 6.09 Å². The highest BCUT2D eigenvalue weighted by Crippen LogP contribution is 2.61. The van der Waals surface area contributed by atoms with Crippen LogP contribution in [0.4, 0.5) is 4.79 Å². The summed E-state index contributed by atoms with van der Waals surface area (Å²) >= 11 is 0. The highest BCUT2D eigenvalue weighted by Gasteiger charge is 2.51. The number of rotatable bonds is 13. The number of carbonyl (C=O) groups is 2. The Morgan fingerprint density at radius 3 is 1.66 bits per heavy atom. The van der Waals surface area contributed by atoms with Crippen molar-refractivity contribution in [3.63, 3.8) is 0 Å². The van der Waals surface area contributed by atoms with E-state index in [0.29, 0.717) is 17.9 Å². The molecule has 0 radical (unpaired) electrons. The minimum Gasteiger partial charge on any atom is -0.444 e. The summed E-state index contributed by atoms with van der Waals surface area (Å²) in [4.78, 5) is 24.1. The van der Waals surface area contributed by atoms with E-state index in [1.165, 1.54) is 70.6 Å².